The first-order valence-corrected chi connectivity index (χ1v) is 11.2. The molecule has 2 aromatic carbocycles. The molecule has 1 fully saturated rings. The Kier molecular flexibility index (Phi) is 4.71. The molecule has 4 rings (SSSR count). The second-order valence-corrected chi connectivity index (χ2v) is 9.41. The number of nitrogens with zero attached hydrogens (tertiary/aromatic N) is 2. The first-order chi connectivity index (χ1) is 13.3. The Labute approximate surface area is 164 Å². The Hall–Kier alpha value is -2.67. The molecular weight excluding hydrogens is 376 g/mol. The van der Waals surface area contributed by atoms with Crippen molar-refractivity contribution in [3.05, 3.63) is 54.1 Å². The van der Waals surface area contributed by atoms with Gasteiger partial charge in [0.15, 0.2) is 9.84 Å². The molecule has 146 valence electrons. The summed E-state index contributed by atoms with van der Waals surface area (Å²) in [5.41, 5.74) is 2.43. The van der Waals surface area contributed by atoms with Crippen molar-refractivity contribution in [2.45, 2.75) is 24.2 Å². The van der Waals surface area contributed by atoms with E-state index < -0.39 is 15.8 Å². The van der Waals surface area contributed by atoms with Gasteiger partial charge in [0, 0.05) is 37.1 Å². The van der Waals surface area contributed by atoms with Gasteiger partial charge >= 0.3 is 0 Å². The van der Waals surface area contributed by atoms with Crippen molar-refractivity contribution in [2.75, 3.05) is 29.1 Å². The van der Waals surface area contributed by atoms with Crippen molar-refractivity contribution in [1.29, 1.82) is 0 Å². The summed E-state index contributed by atoms with van der Waals surface area (Å²) in [5, 5.41) is 0. The molecule has 0 aromatic heterocycles. The van der Waals surface area contributed by atoms with Crippen LogP contribution >= 0.6 is 0 Å². The van der Waals surface area contributed by atoms with Crippen LogP contribution in [0.25, 0.3) is 0 Å². The third-order valence-corrected chi connectivity index (χ3v) is 6.52. The van der Waals surface area contributed by atoms with Crippen LogP contribution in [0.1, 0.15) is 18.4 Å². The highest BCUT2D eigenvalue weighted by atomic mass is 32.2. The molecule has 2 aliphatic rings. The van der Waals surface area contributed by atoms with E-state index in [0.29, 0.717) is 13.1 Å². The normalized spacial score (nSPS) is 19.6. The maximum absolute atomic E-state index is 13.2. The summed E-state index contributed by atoms with van der Waals surface area (Å²) in [6.07, 6.45) is 2.89. The highest BCUT2D eigenvalue weighted by Crippen LogP contribution is 2.33. The van der Waals surface area contributed by atoms with Crippen molar-refractivity contribution in [2.24, 2.45) is 5.92 Å². The summed E-state index contributed by atoms with van der Waals surface area (Å²) in [5.74, 6) is -0.512. The summed E-state index contributed by atoms with van der Waals surface area (Å²) < 4.78 is 23.7. The third-order valence-electron chi connectivity index (χ3n) is 5.41. The minimum atomic E-state index is -3.29. The van der Waals surface area contributed by atoms with Crippen molar-refractivity contribution in [3.8, 4) is 0 Å². The average molecular weight is 398 g/mol. The van der Waals surface area contributed by atoms with Gasteiger partial charge in [0.2, 0.25) is 11.8 Å². The van der Waals surface area contributed by atoms with Gasteiger partial charge in [-0.3, -0.25) is 9.59 Å². The molecule has 1 unspecified atom stereocenters. The van der Waals surface area contributed by atoms with E-state index in [1.54, 1.807) is 28.0 Å². The first-order valence-electron chi connectivity index (χ1n) is 9.34. The van der Waals surface area contributed by atoms with Crippen LogP contribution in [0.5, 0.6) is 0 Å². The van der Waals surface area contributed by atoms with Gasteiger partial charge in [0.25, 0.3) is 0 Å². The molecule has 7 heteroatoms. The molecule has 6 nitrogen and oxygen atoms in total. The molecule has 0 N–H and O–H groups in total. The van der Waals surface area contributed by atoms with Gasteiger partial charge < -0.3 is 9.80 Å². The maximum atomic E-state index is 13.2. The van der Waals surface area contributed by atoms with Crippen LogP contribution in [0, 0.1) is 5.92 Å². The van der Waals surface area contributed by atoms with Crippen LogP contribution < -0.4 is 9.80 Å². The van der Waals surface area contributed by atoms with E-state index in [4.69, 9.17) is 0 Å². The third kappa shape index (κ3) is 3.42. The molecular formula is C21H22N2O4S. The fourth-order valence-corrected chi connectivity index (χ4v) is 4.66. The zero-order valence-corrected chi connectivity index (χ0v) is 16.5. The molecule has 28 heavy (non-hydrogen) atoms. The van der Waals surface area contributed by atoms with E-state index in [1.165, 1.54) is 6.26 Å². The SMILES string of the molecule is CS(=O)(=O)c1ccc2c(c1)CCCN2C(=O)C1CC(=O)N(c2ccccc2)C1. The minimum Gasteiger partial charge on any atom is -0.312 e. The number of fused-ring (bicyclic) bond motifs is 1. The van der Waals surface area contributed by atoms with Gasteiger partial charge in [-0.05, 0) is 48.7 Å². The standard InChI is InChI=1S/C21H22N2O4S/c1-28(26,27)18-9-10-19-15(12-18)6-5-11-22(19)21(25)16-13-20(24)23(14-16)17-7-3-2-4-8-17/h2-4,7-10,12,16H,5-6,11,13-14H2,1H3. The lowest BCUT2D eigenvalue weighted by Crippen LogP contribution is -2.40. The molecule has 1 saturated heterocycles. The number of hydrogen-bond donors (Lipinski definition) is 0. The first kappa shape index (κ1) is 18.7. The summed E-state index contributed by atoms with van der Waals surface area (Å²) in [7, 11) is -3.29. The second kappa shape index (κ2) is 7.05. The Morgan fingerprint density at radius 2 is 1.86 bits per heavy atom. The molecule has 1 atom stereocenters. The number of carbonyl (C=O) groups is 2. The van der Waals surface area contributed by atoms with Crippen molar-refractivity contribution >= 4 is 33.0 Å². The molecule has 2 heterocycles. The molecule has 0 saturated carbocycles. The van der Waals surface area contributed by atoms with E-state index in [-0.39, 0.29) is 23.1 Å². The lowest BCUT2D eigenvalue weighted by atomic mass is 9.99. The number of carbonyl (C=O) groups excluding carboxylic acids is 2. The second-order valence-electron chi connectivity index (χ2n) is 7.40. The van der Waals surface area contributed by atoms with E-state index in [0.717, 1.165) is 29.8 Å². The number of benzene rings is 2. The fourth-order valence-electron chi connectivity index (χ4n) is 3.98. The van der Waals surface area contributed by atoms with E-state index in [9.17, 15) is 18.0 Å². The Morgan fingerprint density at radius 1 is 1.11 bits per heavy atom. The topological polar surface area (TPSA) is 74.8 Å². The Balaban J connectivity index is 1.58. The smallest absolute Gasteiger partial charge is 0.232 e. The van der Waals surface area contributed by atoms with Crippen LogP contribution in [0.3, 0.4) is 0 Å². The van der Waals surface area contributed by atoms with Gasteiger partial charge in [-0.15, -0.1) is 0 Å². The number of sulfone groups is 1. The number of anilines is 2. The van der Waals surface area contributed by atoms with Crippen molar-refractivity contribution < 1.29 is 18.0 Å². The van der Waals surface area contributed by atoms with Gasteiger partial charge in [-0.1, -0.05) is 18.2 Å². The molecule has 0 spiro atoms. The van der Waals surface area contributed by atoms with E-state index in [1.807, 2.05) is 30.3 Å². The molecule has 0 bridgehead atoms. The highest BCUT2D eigenvalue weighted by molar-refractivity contribution is 7.90. The molecule has 2 aromatic rings. The molecule has 0 aliphatic carbocycles. The summed E-state index contributed by atoms with van der Waals surface area (Å²) in [6.45, 7) is 0.953. The molecule has 2 aliphatic heterocycles. The quantitative estimate of drug-likeness (QED) is 0.796. The van der Waals surface area contributed by atoms with Crippen LogP contribution in [-0.4, -0.2) is 39.6 Å². The largest absolute Gasteiger partial charge is 0.312 e. The fraction of sp³-hybridized carbons (Fsp3) is 0.333. The van der Waals surface area contributed by atoms with E-state index in [2.05, 4.69) is 0 Å². The van der Waals surface area contributed by atoms with Gasteiger partial charge in [-0.25, -0.2) is 8.42 Å². The van der Waals surface area contributed by atoms with Gasteiger partial charge in [0.1, 0.15) is 0 Å². The molecule has 0 radical (unpaired) electrons. The van der Waals surface area contributed by atoms with Gasteiger partial charge in [0.05, 0.1) is 10.8 Å². The number of hydrogen-bond acceptors (Lipinski definition) is 4. The summed E-state index contributed by atoms with van der Waals surface area (Å²) in [4.78, 5) is 29.3. The minimum absolute atomic E-state index is 0.0470. The Bertz CT molecular complexity index is 1030. The predicted molar refractivity (Wildman–Crippen MR) is 107 cm³/mol. The van der Waals surface area contributed by atoms with Crippen molar-refractivity contribution in [3.63, 3.8) is 0 Å². The Morgan fingerprint density at radius 3 is 2.57 bits per heavy atom. The van der Waals surface area contributed by atoms with Crippen LogP contribution in [0.2, 0.25) is 0 Å². The number of aryl methyl sites for hydroxylation is 1. The highest BCUT2D eigenvalue weighted by Gasteiger charge is 2.38. The molecule has 2 amide bonds. The van der Waals surface area contributed by atoms with Crippen LogP contribution in [-0.2, 0) is 25.8 Å². The monoisotopic (exact) mass is 398 g/mol. The zero-order chi connectivity index (χ0) is 19.9. The zero-order valence-electron chi connectivity index (χ0n) is 15.7. The predicted octanol–water partition coefficient (Wildman–Crippen LogP) is 2.42. The number of rotatable bonds is 3. The summed E-state index contributed by atoms with van der Waals surface area (Å²) >= 11 is 0. The van der Waals surface area contributed by atoms with E-state index >= 15 is 0 Å². The van der Waals surface area contributed by atoms with Gasteiger partial charge in [-0.2, -0.15) is 0 Å². The van der Waals surface area contributed by atoms with Crippen molar-refractivity contribution in [1.82, 2.24) is 0 Å². The maximum Gasteiger partial charge on any atom is 0.232 e. The average Bonchev–Trinajstić information content (AvgIpc) is 3.08. The lowest BCUT2D eigenvalue weighted by molar-refractivity contribution is -0.124. The number of amides is 2. The number of para-hydroxylation sites is 1. The summed E-state index contributed by atoms with van der Waals surface area (Å²) in [6, 6.07) is 14.3. The van der Waals surface area contributed by atoms with Crippen LogP contribution in [0.15, 0.2) is 53.4 Å². The van der Waals surface area contributed by atoms with Crippen LogP contribution in [0.4, 0.5) is 11.4 Å². The lowest BCUT2D eigenvalue weighted by Gasteiger charge is -2.31.